The second kappa shape index (κ2) is 11.2. The number of nitrogens with one attached hydrogen (secondary N) is 1. The third kappa shape index (κ3) is 6.67. The van der Waals surface area contributed by atoms with Crippen LogP contribution in [-0.2, 0) is 39.3 Å². The lowest BCUT2D eigenvalue weighted by Crippen LogP contribution is -2.46. The summed E-state index contributed by atoms with van der Waals surface area (Å²) >= 11 is 0. The average Bonchev–Trinajstić information content (AvgIpc) is 3.45. The number of carbonyl (C=O) groups is 1. The highest BCUT2D eigenvalue weighted by atomic mass is 32.2. The lowest BCUT2D eigenvalue weighted by atomic mass is 10.1. The number of hydrogen-bond donors (Lipinski definition) is 2. The van der Waals surface area contributed by atoms with Crippen molar-refractivity contribution >= 4 is 43.7 Å². The summed E-state index contributed by atoms with van der Waals surface area (Å²) in [6.07, 6.45) is 1.13. The predicted octanol–water partition coefficient (Wildman–Crippen LogP) is 3.38. The highest BCUT2D eigenvalue weighted by Gasteiger charge is 2.27. The van der Waals surface area contributed by atoms with Crippen LogP contribution in [0.3, 0.4) is 0 Å². The maximum absolute atomic E-state index is 12.0. The number of ether oxygens (including phenoxy) is 3. The van der Waals surface area contributed by atoms with Gasteiger partial charge in [0.2, 0.25) is 15.8 Å². The molecule has 12 nitrogen and oxygen atoms in total. The largest absolute Gasteiger partial charge is 0.486 e. The maximum Gasteiger partial charge on any atom is 0.374 e. The van der Waals surface area contributed by atoms with E-state index < -0.39 is 21.5 Å². The lowest BCUT2D eigenvalue weighted by molar-refractivity contribution is 0.0486. The number of benzene rings is 1. The molecule has 0 fully saturated rings. The minimum absolute atomic E-state index is 0.0877. The van der Waals surface area contributed by atoms with Gasteiger partial charge in [-0.15, -0.1) is 0 Å². The monoisotopic (exact) mass is 559 g/mol. The number of hydrogen-bond acceptors (Lipinski definition) is 10. The third-order valence-corrected chi connectivity index (χ3v) is 6.65. The molecule has 0 aliphatic carbocycles. The number of aromatic nitrogens is 3. The Bertz CT molecular complexity index is 1610. The number of fused-ring (bicyclic) bond motifs is 3. The first kappa shape index (κ1) is 28.3. The average molecular weight is 560 g/mol. The van der Waals surface area contributed by atoms with Crippen molar-refractivity contribution in [1.29, 1.82) is 0 Å². The SMILES string of the molecule is CCOCc1nc2c(N)nc3cc(OCc4ccc(C(=O)OCC)o4)ccc3c2n1CC(C)(C)NS(C)(=O)=O. The van der Waals surface area contributed by atoms with Gasteiger partial charge in [-0.3, -0.25) is 0 Å². The number of furan rings is 1. The summed E-state index contributed by atoms with van der Waals surface area (Å²) in [5, 5.41) is 0.763. The van der Waals surface area contributed by atoms with E-state index in [4.69, 9.17) is 29.3 Å². The summed E-state index contributed by atoms with van der Waals surface area (Å²) in [5.41, 5.74) is 7.29. The van der Waals surface area contributed by atoms with Gasteiger partial charge in [-0.1, -0.05) is 0 Å². The van der Waals surface area contributed by atoms with Gasteiger partial charge in [0.05, 0.1) is 23.9 Å². The molecular formula is C26H33N5O7S. The van der Waals surface area contributed by atoms with Crippen molar-refractivity contribution in [2.24, 2.45) is 0 Å². The van der Waals surface area contributed by atoms with Gasteiger partial charge < -0.3 is 28.9 Å². The molecule has 4 aromatic rings. The van der Waals surface area contributed by atoms with Crippen LogP contribution in [0.5, 0.6) is 5.75 Å². The molecule has 0 amide bonds. The quantitative estimate of drug-likeness (QED) is 0.246. The molecule has 3 aromatic heterocycles. The lowest BCUT2D eigenvalue weighted by Gasteiger charge is -2.27. The molecular weight excluding hydrogens is 526 g/mol. The molecule has 0 saturated heterocycles. The molecule has 0 aliphatic rings. The molecule has 1 aromatic carbocycles. The molecule has 0 saturated carbocycles. The predicted molar refractivity (Wildman–Crippen MR) is 146 cm³/mol. The van der Waals surface area contributed by atoms with E-state index in [9.17, 15) is 13.2 Å². The number of nitrogen functional groups attached to an aromatic ring is 1. The summed E-state index contributed by atoms with van der Waals surface area (Å²) in [7, 11) is -3.46. The van der Waals surface area contributed by atoms with Gasteiger partial charge in [-0.25, -0.2) is 27.9 Å². The van der Waals surface area contributed by atoms with Crippen LogP contribution in [-0.4, -0.2) is 53.9 Å². The van der Waals surface area contributed by atoms with Crippen molar-refractivity contribution in [3.8, 4) is 5.75 Å². The van der Waals surface area contributed by atoms with Gasteiger partial charge in [0, 0.05) is 30.1 Å². The fourth-order valence-electron chi connectivity index (χ4n) is 4.35. The van der Waals surface area contributed by atoms with Gasteiger partial charge in [-0.2, -0.15) is 0 Å². The molecule has 0 bridgehead atoms. The van der Waals surface area contributed by atoms with Crippen LogP contribution < -0.4 is 15.2 Å². The Labute approximate surface area is 226 Å². The van der Waals surface area contributed by atoms with Crippen LogP contribution in [0.4, 0.5) is 5.82 Å². The molecule has 210 valence electrons. The number of anilines is 1. The van der Waals surface area contributed by atoms with Crippen molar-refractivity contribution in [3.05, 3.63) is 47.7 Å². The minimum Gasteiger partial charge on any atom is -0.486 e. The number of pyridine rings is 1. The standard InChI is InChI=1S/C26H33N5O7S/c1-6-35-14-21-29-22-23(31(21)15-26(3,4)30-39(5,33)34)18-10-8-16(12-19(18)28-24(22)27)37-13-17-9-11-20(38-17)25(32)36-7-2/h8-12,30H,6-7,13-15H2,1-5H3,(H2,27,28). The summed E-state index contributed by atoms with van der Waals surface area (Å²) in [6, 6.07) is 8.58. The van der Waals surface area contributed by atoms with Crippen molar-refractivity contribution in [1.82, 2.24) is 19.3 Å². The van der Waals surface area contributed by atoms with E-state index in [1.54, 1.807) is 39.0 Å². The maximum atomic E-state index is 12.0. The Hall–Kier alpha value is -3.68. The zero-order chi connectivity index (χ0) is 28.4. The van der Waals surface area contributed by atoms with Crippen LogP contribution >= 0.6 is 0 Å². The van der Waals surface area contributed by atoms with Crippen LogP contribution in [0.15, 0.2) is 34.7 Å². The second-order valence-electron chi connectivity index (χ2n) is 9.66. The van der Waals surface area contributed by atoms with Crippen molar-refractivity contribution in [2.45, 2.75) is 53.0 Å². The third-order valence-electron chi connectivity index (χ3n) is 5.72. The fraction of sp³-hybridized carbons (Fsp3) is 0.423. The second-order valence-corrected chi connectivity index (χ2v) is 11.4. The Morgan fingerprint density at radius 3 is 2.59 bits per heavy atom. The first-order chi connectivity index (χ1) is 18.4. The smallest absolute Gasteiger partial charge is 0.374 e. The molecule has 0 atom stereocenters. The van der Waals surface area contributed by atoms with Crippen molar-refractivity contribution < 1.29 is 31.8 Å². The van der Waals surface area contributed by atoms with E-state index in [0.717, 1.165) is 11.6 Å². The van der Waals surface area contributed by atoms with Crippen molar-refractivity contribution in [2.75, 3.05) is 25.2 Å². The Morgan fingerprint density at radius 2 is 1.90 bits per heavy atom. The van der Waals surface area contributed by atoms with Gasteiger partial charge in [0.25, 0.3) is 0 Å². The summed E-state index contributed by atoms with van der Waals surface area (Å²) < 4.78 is 50.6. The van der Waals surface area contributed by atoms with Crippen molar-refractivity contribution in [3.63, 3.8) is 0 Å². The minimum atomic E-state index is -3.46. The molecule has 3 N–H and O–H groups in total. The van der Waals surface area contributed by atoms with Gasteiger partial charge in [-0.05, 0) is 52.0 Å². The first-order valence-corrected chi connectivity index (χ1v) is 14.3. The number of sulfonamides is 1. The highest BCUT2D eigenvalue weighted by molar-refractivity contribution is 7.88. The Morgan fingerprint density at radius 1 is 1.13 bits per heavy atom. The van der Waals surface area contributed by atoms with E-state index in [2.05, 4.69) is 9.71 Å². The van der Waals surface area contributed by atoms with E-state index >= 15 is 0 Å². The number of esters is 1. The van der Waals surface area contributed by atoms with Gasteiger partial charge in [0.1, 0.15) is 36.1 Å². The van der Waals surface area contributed by atoms with Crippen LogP contribution in [0.2, 0.25) is 0 Å². The summed E-state index contributed by atoms with van der Waals surface area (Å²) in [5.74, 6) is 1.38. The zero-order valence-electron chi connectivity index (χ0n) is 22.6. The van der Waals surface area contributed by atoms with Crippen LogP contribution in [0, 0.1) is 0 Å². The number of imidazole rings is 1. The van der Waals surface area contributed by atoms with E-state index in [1.165, 1.54) is 6.07 Å². The number of carbonyl (C=O) groups excluding carboxylic acids is 1. The fourth-order valence-corrected chi connectivity index (χ4v) is 5.42. The van der Waals surface area contributed by atoms with Gasteiger partial charge >= 0.3 is 5.97 Å². The number of rotatable bonds is 12. The molecule has 0 spiro atoms. The highest BCUT2D eigenvalue weighted by Crippen LogP contribution is 2.32. The zero-order valence-corrected chi connectivity index (χ0v) is 23.4. The number of nitrogens with two attached hydrogens (primary N) is 1. The molecule has 39 heavy (non-hydrogen) atoms. The molecule has 0 unspecified atom stereocenters. The first-order valence-electron chi connectivity index (χ1n) is 12.4. The number of nitrogens with zero attached hydrogens (tertiary/aromatic N) is 3. The Kier molecular flexibility index (Phi) is 8.14. The molecule has 4 rings (SSSR count). The summed E-state index contributed by atoms with van der Waals surface area (Å²) in [6.45, 7) is 8.52. The van der Waals surface area contributed by atoms with Crippen LogP contribution in [0.1, 0.15) is 49.8 Å². The van der Waals surface area contributed by atoms with Crippen LogP contribution in [0.25, 0.3) is 21.9 Å². The van der Waals surface area contributed by atoms with E-state index in [0.29, 0.717) is 40.5 Å². The summed E-state index contributed by atoms with van der Waals surface area (Å²) in [4.78, 5) is 21.1. The molecule has 0 aliphatic heterocycles. The van der Waals surface area contributed by atoms with E-state index in [1.807, 2.05) is 17.6 Å². The molecule has 3 heterocycles. The topological polar surface area (TPSA) is 161 Å². The van der Waals surface area contributed by atoms with Gasteiger partial charge in [0.15, 0.2) is 5.82 Å². The normalized spacial score (nSPS) is 12.3. The molecule has 0 radical (unpaired) electrons. The molecule has 13 heteroatoms. The Balaban J connectivity index is 1.70. The van der Waals surface area contributed by atoms with E-state index in [-0.39, 0.29) is 37.9 Å².